The Kier molecular flexibility index (Phi) is 5.73. The first-order valence-electron chi connectivity index (χ1n) is 9.72. The molecule has 0 radical (unpaired) electrons. The van der Waals surface area contributed by atoms with Crippen LogP contribution in [-0.4, -0.2) is 32.9 Å². The number of nitrogens with one attached hydrogen (secondary N) is 3. The van der Waals surface area contributed by atoms with Crippen LogP contribution in [0.2, 0.25) is 0 Å². The van der Waals surface area contributed by atoms with Crippen LogP contribution in [-0.2, 0) is 17.1 Å². The summed E-state index contributed by atoms with van der Waals surface area (Å²) in [6.07, 6.45) is 3.17. The molecule has 0 aliphatic heterocycles. The number of rotatable bonds is 7. The first-order valence-corrected chi connectivity index (χ1v) is 11.2. The molecule has 1 aromatic carbocycles. The van der Waals surface area contributed by atoms with Gasteiger partial charge in [-0.05, 0) is 50.2 Å². The second-order valence-electron chi connectivity index (χ2n) is 7.07. The molecule has 0 unspecified atom stereocenters. The third-order valence-electron chi connectivity index (χ3n) is 4.53. The van der Waals surface area contributed by atoms with Gasteiger partial charge in [-0.25, -0.2) is 19.9 Å². The summed E-state index contributed by atoms with van der Waals surface area (Å²) in [5.41, 5.74) is 1.17. The minimum atomic E-state index is -3.76. The van der Waals surface area contributed by atoms with E-state index in [4.69, 9.17) is 0 Å². The van der Waals surface area contributed by atoms with Crippen molar-refractivity contribution in [2.24, 2.45) is 7.05 Å². The normalized spacial score (nSPS) is 11.2. The van der Waals surface area contributed by atoms with Crippen molar-refractivity contribution in [3.05, 3.63) is 72.6 Å². The van der Waals surface area contributed by atoms with Gasteiger partial charge >= 0.3 is 0 Å². The topological polar surface area (TPSA) is 127 Å². The first kappa shape index (κ1) is 21.2. The number of nitrogens with zero attached hydrogens (tertiary/aromatic N) is 5. The average molecular weight is 451 g/mol. The number of aromatic nitrogens is 5. The summed E-state index contributed by atoms with van der Waals surface area (Å²) in [7, 11) is -2.02. The number of imidazole rings is 1. The molecule has 0 spiro atoms. The van der Waals surface area contributed by atoms with E-state index in [1.54, 1.807) is 62.0 Å². The highest BCUT2D eigenvalue weighted by Crippen LogP contribution is 2.22. The minimum absolute atomic E-state index is 0.0240. The maximum Gasteiger partial charge on any atom is 0.280 e. The van der Waals surface area contributed by atoms with E-state index >= 15 is 0 Å². The quantitative estimate of drug-likeness (QED) is 0.390. The largest absolute Gasteiger partial charge is 0.340 e. The fourth-order valence-corrected chi connectivity index (χ4v) is 4.00. The van der Waals surface area contributed by atoms with Crippen LogP contribution in [0.4, 0.5) is 28.8 Å². The van der Waals surface area contributed by atoms with Gasteiger partial charge in [-0.15, -0.1) is 0 Å². The number of hydrogen-bond acceptors (Lipinski definition) is 8. The van der Waals surface area contributed by atoms with Crippen molar-refractivity contribution in [1.29, 1.82) is 0 Å². The highest BCUT2D eigenvalue weighted by Gasteiger charge is 2.18. The summed E-state index contributed by atoms with van der Waals surface area (Å²) < 4.78 is 29.3. The summed E-state index contributed by atoms with van der Waals surface area (Å²) in [5, 5.41) is 6.32. The van der Waals surface area contributed by atoms with Gasteiger partial charge in [-0.3, -0.25) is 4.72 Å². The van der Waals surface area contributed by atoms with Gasteiger partial charge in [0.2, 0.25) is 0 Å². The van der Waals surface area contributed by atoms with Gasteiger partial charge in [0.05, 0.1) is 0 Å². The fourth-order valence-electron chi connectivity index (χ4n) is 2.90. The Labute approximate surface area is 185 Å². The fraction of sp³-hybridized carbons (Fsp3) is 0.143. The maximum absolute atomic E-state index is 12.5. The highest BCUT2D eigenvalue weighted by molar-refractivity contribution is 7.92. The summed E-state index contributed by atoms with van der Waals surface area (Å²) >= 11 is 0. The minimum Gasteiger partial charge on any atom is -0.340 e. The van der Waals surface area contributed by atoms with Crippen molar-refractivity contribution in [3.63, 3.8) is 0 Å². The molecule has 10 nitrogen and oxygen atoms in total. The molecule has 32 heavy (non-hydrogen) atoms. The second-order valence-corrected chi connectivity index (χ2v) is 8.70. The lowest BCUT2D eigenvalue weighted by molar-refractivity contribution is 0.598. The van der Waals surface area contributed by atoms with Crippen LogP contribution >= 0.6 is 0 Å². The Morgan fingerprint density at radius 1 is 0.844 bits per heavy atom. The third kappa shape index (κ3) is 5.01. The molecule has 3 N–H and O–H groups in total. The van der Waals surface area contributed by atoms with Gasteiger partial charge in [0.1, 0.15) is 29.1 Å². The molecule has 0 atom stereocenters. The Morgan fingerprint density at radius 2 is 1.53 bits per heavy atom. The van der Waals surface area contributed by atoms with Crippen molar-refractivity contribution in [3.8, 4) is 0 Å². The van der Waals surface area contributed by atoms with E-state index in [1.165, 1.54) is 6.20 Å². The lowest BCUT2D eigenvalue weighted by Crippen LogP contribution is -2.13. The smallest absolute Gasteiger partial charge is 0.280 e. The molecule has 0 amide bonds. The van der Waals surface area contributed by atoms with Crippen LogP contribution in [0.1, 0.15) is 11.6 Å². The number of hydrogen-bond donors (Lipinski definition) is 3. The standard InChI is InChI=1S/C21H22N8O2S/c1-14-23-19(12-20(24-14)27-18-6-4-5-11-22-18)26-16-7-9-17(10-8-16)28-32(30,31)21-13-29(3)15(2)25-21/h4-13,28H,1-3H3,(H2,22,23,24,26,27). The maximum atomic E-state index is 12.5. The molecule has 0 saturated heterocycles. The zero-order valence-corrected chi connectivity index (χ0v) is 18.6. The summed E-state index contributed by atoms with van der Waals surface area (Å²) in [5.74, 6) is 3.07. The van der Waals surface area contributed by atoms with E-state index in [2.05, 4.69) is 35.3 Å². The van der Waals surface area contributed by atoms with Crippen molar-refractivity contribution in [2.45, 2.75) is 18.9 Å². The number of aryl methyl sites for hydroxylation is 3. The number of anilines is 5. The Morgan fingerprint density at radius 3 is 2.16 bits per heavy atom. The lowest BCUT2D eigenvalue weighted by Gasteiger charge is -2.11. The van der Waals surface area contributed by atoms with Crippen molar-refractivity contribution in [1.82, 2.24) is 24.5 Å². The third-order valence-corrected chi connectivity index (χ3v) is 5.78. The van der Waals surface area contributed by atoms with Gasteiger partial charge in [0.25, 0.3) is 10.0 Å². The SMILES string of the molecule is Cc1nc(Nc2ccc(NS(=O)(=O)c3cn(C)c(C)n3)cc2)cc(Nc2ccccn2)n1. The Hall–Kier alpha value is -3.99. The molecule has 0 aliphatic rings. The second kappa shape index (κ2) is 8.63. The molecule has 0 fully saturated rings. The predicted octanol–water partition coefficient (Wildman–Crippen LogP) is 3.51. The Bertz CT molecular complexity index is 1320. The van der Waals surface area contributed by atoms with Gasteiger partial charge in [-0.2, -0.15) is 8.42 Å². The van der Waals surface area contributed by atoms with E-state index in [0.29, 0.717) is 34.8 Å². The van der Waals surface area contributed by atoms with E-state index in [-0.39, 0.29) is 5.03 Å². The first-order chi connectivity index (χ1) is 15.3. The van der Waals surface area contributed by atoms with Crippen molar-refractivity contribution >= 4 is 38.9 Å². The zero-order chi connectivity index (χ0) is 22.7. The molecular formula is C21H22N8O2S. The van der Waals surface area contributed by atoms with Gasteiger partial charge in [-0.1, -0.05) is 6.07 Å². The number of benzene rings is 1. The molecule has 4 rings (SSSR count). The molecule has 0 saturated carbocycles. The molecule has 0 aliphatic carbocycles. The van der Waals surface area contributed by atoms with Crippen molar-refractivity contribution < 1.29 is 8.42 Å². The van der Waals surface area contributed by atoms with Crippen LogP contribution in [0.5, 0.6) is 0 Å². The summed E-state index contributed by atoms with van der Waals surface area (Å²) in [4.78, 5) is 17.1. The van der Waals surface area contributed by atoms with Crippen LogP contribution in [0.25, 0.3) is 0 Å². The number of pyridine rings is 1. The molecule has 4 aromatic rings. The average Bonchev–Trinajstić information content (AvgIpc) is 3.09. The molecular weight excluding hydrogens is 428 g/mol. The van der Waals surface area contributed by atoms with E-state index in [0.717, 1.165) is 5.69 Å². The summed E-state index contributed by atoms with van der Waals surface area (Å²) in [6.45, 7) is 3.54. The molecule has 3 aromatic heterocycles. The number of sulfonamides is 1. The predicted molar refractivity (Wildman–Crippen MR) is 123 cm³/mol. The highest BCUT2D eigenvalue weighted by atomic mass is 32.2. The van der Waals surface area contributed by atoms with Crippen LogP contribution in [0.3, 0.4) is 0 Å². The van der Waals surface area contributed by atoms with Gasteiger partial charge in [0, 0.05) is 36.9 Å². The summed E-state index contributed by atoms with van der Waals surface area (Å²) in [6, 6.07) is 14.2. The monoisotopic (exact) mass is 450 g/mol. The molecule has 3 heterocycles. The van der Waals surface area contributed by atoms with Crippen LogP contribution < -0.4 is 15.4 Å². The van der Waals surface area contributed by atoms with E-state index in [9.17, 15) is 8.42 Å². The van der Waals surface area contributed by atoms with Crippen molar-refractivity contribution in [2.75, 3.05) is 15.4 Å². The Balaban J connectivity index is 1.47. The molecule has 11 heteroatoms. The van der Waals surface area contributed by atoms with E-state index in [1.807, 2.05) is 18.2 Å². The molecule has 164 valence electrons. The van der Waals surface area contributed by atoms with Gasteiger partial charge < -0.3 is 15.2 Å². The van der Waals surface area contributed by atoms with E-state index < -0.39 is 10.0 Å². The lowest BCUT2D eigenvalue weighted by atomic mass is 10.3. The van der Waals surface area contributed by atoms with Crippen LogP contribution in [0.15, 0.2) is 66.0 Å². The van der Waals surface area contributed by atoms with Gasteiger partial charge in [0.15, 0.2) is 5.03 Å². The van der Waals surface area contributed by atoms with Crippen LogP contribution in [0, 0.1) is 13.8 Å². The zero-order valence-electron chi connectivity index (χ0n) is 17.7. The molecule has 0 bridgehead atoms.